The van der Waals surface area contributed by atoms with Crippen molar-refractivity contribution >= 4 is 22.3 Å². The summed E-state index contributed by atoms with van der Waals surface area (Å²) in [4.78, 5) is 20.6. The van der Waals surface area contributed by atoms with Crippen molar-refractivity contribution in [3.63, 3.8) is 0 Å². The SMILES string of the molecule is CCc1cc2c(=O)c(-c3nc(C)cs3)coc2c(C(c2ccc(OC)cc2)N2CCCCC2)c1O. The van der Waals surface area contributed by atoms with Crippen LogP contribution in [-0.2, 0) is 6.42 Å². The highest BCUT2D eigenvalue weighted by molar-refractivity contribution is 7.13. The first-order chi connectivity index (χ1) is 17.0. The lowest BCUT2D eigenvalue weighted by Crippen LogP contribution is -2.34. The Morgan fingerprint density at radius 3 is 2.57 bits per heavy atom. The topological polar surface area (TPSA) is 75.8 Å². The zero-order valence-electron chi connectivity index (χ0n) is 20.3. The minimum Gasteiger partial charge on any atom is -0.507 e. The van der Waals surface area contributed by atoms with Gasteiger partial charge in [0.05, 0.1) is 29.7 Å². The molecule has 0 spiro atoms. The van der Waals surface area contributed by atoms with Gasteiger partial charge < -0.3 is 14.3 Å². The maximum atomic E-state index is 13.7. The normalized spacial score (nSPS) is 15.4. The second kappa shape index (κ2) is 9.84. The first-order valence-electron chi connectivity index (χ1n) is 12.1. The summed E-state index contributed by atoms with van der Waals surface area (Å²) in [6, 6.07) is 9.49. The van der Waals surface area contributed by atoms with E-state index in [1.807, 2.05) is 43.5 Å². The molecule has 1 aliphatic rings. The number of phenolic OH excluding ortho intramolecular Hbond substituents is 1. The molecule has 2 aromatic carbocycles. The number of aromatic nitrogens is 1. The molecule has 0 aliphatic carbocycles. The summed E-state index contributed by atoms with van der Waals surface area (Å²) >= 11 is 1.43. The van der Waals surface area contributed by atoms with Crippen molar-refractivity contribution in [2.24, 2.45) is 0 Å². The van der Waals surface area contributed by atoms with Crippen LogP contribution in [0.2, 0.25) is 0 Å². The number of thiazole rings is 1. The summed E-state index contributed by atoms with van der Waals surface area (Å²) in [5.41, 5.74) is 4.06. The van der Waals surface area contributed by atoms with Crippen LogP contribution in [0.1, 0.15) is 54.6 Å². The first kappa shape index (κ1) is 23.6. The molecule has 6 nitrogen and oxygen atoms in total. The number of aryl methyl sites for hydroxylation is 2. The molecule has 1 fully saturated rings. The van der Waals surface area contributed by atoms with Crippen LogP contribution in [0.4, 0.5) is 0 Å². The molecule has 2 aromatic heterocycles. The maximum Gasteiger partial charge on any atom is 0.202 e. The van der Waals surface area contributed by atoms with Crippen molar-refractivity contribution in [2.45, 2.75) is 45.6 Å². The molecule has 0 bridgehead atoms. The van der Waals surface area contributed by atoms with E-state index in [2.05, 4.69) is 9.88 Å². The van der Waals surface area contributed by atoms with E-state index in [-0.39, 0.29) is 17.2 Å². The second-order valence-corrected chi connectivity index (χ2v) is 9.93. The van der Waals surface area contributed by atoms with Gasteiger partial charge in [-0.3, -0.25) is 9.69 Å². The number of rotatable bonds is 6. The van der Waals surface area contributed by atoms with Crippen molar-refractivity contribution in [2.75, 3.05) is 20.2 Å². The number of phenols is 1. The van der Waals surface area contributed by atoms with Gasteiger partial charge in [0.2, 0.25) is 5.43 Å². The molecule has 1 saturated heterocycles. The molecule has 1 atom stereocenters. The van der Waals surface area contributed by atoms with Gasteiger partial charge in [-0.05, 0) is 68.6 Å². The Balaban J connectivity index is 1.77. The summed E-state index contributed by atoms with van der Waals surface area (Å²) in [6.45, 7) is 5.72. The van der Waals surface area contributed by atoms with Gasteiger partial charge in [0.25, 0.3) is 0 Å². The highest BCUT2D eigenvalue weighted by Gasteiger charge is 2.31. The number of aromatic hydroxyl groups is 1. The van der Waals surface area contributed by atoms with Gasteiger partial charge >= 0.3 is 0 Å². The summed E-state index contributed by atoms with van der Waals surface area (Å²) in [6.07, 6.45) is 5.48. The van der Waals surface area contributed by atoms with Crippen LogP contribution in [0.25, 0.3) is 21.5 Å². The number of fused-ring (bicyclic) bond motifs is 1. The Bertz CT molecular complexity index is 1400. The third kappa shape index (κ3) is 4.34. The van der Waals surface area contributed by atoms with Crippen LogP contribution in [0.15, 0.2) is 51.2 Å². The minimum atomic E-state index is -0.244. The summed E-state index contributed by atoms with van der Waals surface area (Å²) in [7, 11) is 1.65. The van der Waals surface area contributed by atoms with E-state index in [9.17, 15) is 9.90 Å². The number of piperidine rings is 1. The zero-order chi connectivity index (χ0) is 24.5. The molecule has 0 radical (unpaired) electrons. The molecule has 5 rings (SSSR count). The number of methoxy groups -OCH3 is 1. The number of benzene rings is 2. The highest BCUT2D eigenvalue weighted by atomic mass is 32.1. The molecule has 1 N–H and O–H groups in total. The monoisotopic (exact) mass is 490 g/mol. The molecule has 1 unspecified atom stereocenters. The van der Waals surface area contributed by atoms with E-state index in [1.54, 1.807) is 13.2 Å². The van der Waals surface area contributed by atoms with Crippen molar-refractivity contribution in [3.8, 4) is 22.1 Å². The summed E-state index contributed by atoms with van der Waals surface area (Å²) < 4.78 is 11.6. The van der Waals surface area contributed by atoms with Gasteiger partial charge in [0, 0.05) is 11.1 Å². The molecule has 35 heavy (non-hydrogen) atoms. The molecule has 0 amide bonds. The highest BCUT2D eigenvalue weighted by Crippen LogP contribution is 2.42. The number of ether oxygens (including phenoxy) is 1. The van der Waals surface area contributed by atoms with Crippen molar-refractivity contribution in [3.05, 3.63) is 74.6 Å². The number of likely N-dealkylation sites (tertiary alicyclic amines) is 1. The van der Waals surface area contributed by atoms with Gasteiger partial charge in [0.15, 0.2) is 0 Å². The molecular weight excluding hydrogens is 460 g/mol. The fourth-order valence-electron chi connectivity index (χ4n) is 5.02. The Hall–Kier alpha value is -3.16. The lowest BCUT2D eigenvalue weighted by Gasteiger charge is -2.36. The molecule has 0 saturated carbocycles. The Morgan fingerprint density at radius 2 is 1.94 bits per heavy atom. The van der Waals surface area contributed by atoms with Crippen LogP contribution >= 0.6 is 11.3 Å². The lowest BCUT2D eigenvalue weighted by molar-refractivity contribution is 0.185. The van der Waals surface area contributed by atoms with Gasteiger partial charge in [0.1, 0.15) is 28.4 Å². The Labute approximate surface area is 208 Å². The Morgan fingerprint density at radius 1 is 1.20 bits per heavy atom. The van der Waals surface area contributed by atoms with E-state index in [0.717, 1.165) is 48.5 Å². The van der Waals surface area contributed by atoms with Crippen molar-refractivity contribution in [1.29, 1.82) is 0 Å². The van der Waals surface area contributed by atoms with Gasteiger partial charge in [-0.2, -0.15) is 0 Å². The van der Waals surface area contributed by atoms with E-state index in [0.29, 0.717) is 33.5 Å². The molecule has 3 heterocycles. The van der Waals surface area contributed by atoms with Crippen LogP contribution in [0.5, 0.6) is 11.5 Å². The maximum absolute atomic E-state index is 13.7. The van der Waals surface area contributed by atoms with Crippen molar-refractivity contribution < 1.29 is 14.3 Å². The molecular formula is C28H30N2O4S. The number of hydrogen-bond acceptors (Lipinski definition) is 7. The molecule has 7 heteroatoms. The van der Waals surface area contributed by atoms with E-state index >= 15 is 0 Å². The second-order valence-electron chi connectivity index (χ2n) is 9.07. The van der Waals surface area contributed by atoms with Gasteiger partial charge in [-0.15, -0.1) is 11.3 Å². The van der Waals surface area contributed by atoms with Crippen LogP contribution in [0.3, 0.4) is 0 Å². The van der Waals surface area contributed by atoms with Crippen molar-refractivity contribution in [1.82, 2.24) is 9.88 Å². The van der Waals surface area contributed by atoms with E-state index in [1.165, 1.54) is 24.0 Å². The van der Waals surface area contributed by atoms with Crippen LogP contribution < -0.4 is 10.2 Å². The Kier molecular flexibility index (Phi) is 6.62. The molecule has 182 valence electrons. The fourth-order valence-corrected chi connectivity index (χ4v) is 5.82. The smallest absolute Gasteiger partial charge is 0.202 e. The predicted molar refractivity (Wildman–Crippen MR) is 140 cm³/mol. The van der Waals surface area contributed by atoms with Gasteiger partial charge in [-0.25, -0.2) is 4.98 Å². The van der Waals surface area contributed by atoms with E-state index in [4.69, 9.17) is 9.15 Å². The summed E-state index contributed by atoms with van der Waals surface area (Å²) in [5.74, 6) is 0.977. The predicted octanol–water partition coefficient (Wildman–Crippen LogP) is 6.08. The molecule has 4 aromatic rings. The standard InChI is InChI=1S/C28H30N2O4S/c1-4-18-14-21-26(32)22(28-29-17(2)16-35-28)15-34-27(21)23(25(18)31)24(30-12-6-5-7-13-30)19-8-10-20(33-3)11-9-19/h8-11,14-16,24,31H,4-7,12-13H2,1-3H3. The zero-order valence-corrected chi connectivity index (χ0v) is 21.2. The average Bonchev–Trinajstić information content (AvgIpc) is 3.32. The quantitative estimate of drug-likeness (QED) is 0.353. The minimum absolute atomic E-state index is 0.122. The average molecular weight is 491 g/mol. The largest absolute Gasteiger partial charge is 0.507 e. The first-order valence-corrected chi connectivity index (χ1v) is 13.0. The van der Waals surface area contributed by atoms with Crippen LogP contribution in [0, 0.1) is 6.92 Å². The number of hydrogen-bond donors (Lipinski definition) is 1. The fraction of sp³-hybridized carbons (Fsp3) is 0.357. The number of nitrogens with zero attached hydrogens (tertiary/aromatic N) is 2. The van der Waals surface area contributed by atoms with E-state index < -0.39 is 0 Å². The third-order valence-corrected chi connectivity index (χ3v) is 7.84. The van der Waals surface area contributed by atoms with Gasteiger partial charge in [-0.1, -0.05) is 25.5 Å². The third-order valence-electron chi connectivity index (χ3n) is 6.84. The van der Waals surface area contributed by atoms with Crippen LogP contribution in [-0.4, -0.2) is 35.2 Å². The molecule has 1 aliphatic heterocycles. The lowest BCUT2D eigenvalue weighted by atomic mass is 9.90. The summed E-state index contributed by atoms with van der Waals surface area (Å²) in [5, 5.41) is 14.6.